The minimum Gasteiger partial charge on any atom is -0.453 e. The normalized spacial score (nSPS) is 19.5. The maximum absolute atomic E-state index is 13.1. The molecule has 2 aliphatic rings. The molecule has 6 nitrogen and oxygen atoms in total. The first kappa shape index (κ1) is 19.9. The summed E-state index contributed by atoms with van der Waals surface area (Å²) in [6.45, 7) is 6.38. The van der Waals surface area contributed by atoms with E-state index < -0.39 is 12.1 Å². The van der Waals surface area contributed by atoms with Gasteiger partial charge in [-0.1, -0.05) is 55.8 Å². The smallest absolute Gasteiger partial charge is 0.407 e. The molecular weight excluding hydrogens is 354 g/mol. The fourth-order valence-electron chi connectivity index (χ4n) is 3.49. The molecular formula is C22H27N3O3. The Morgan fingerprint density at radius 3 is 2.61 bits per heavy atom. The fourth-order valence-corrected chi connectivity index (χ4v) is 3.49. The molecule has 148 valence electrons. The third-order valence-electron chi connectivity index (χ3n) is 5.15. The lowest BCUT2D eigenvalue weighted by molar-refractivity contribution is -0.133. The van der Waals surface area contributed by atoms with E-state index in [2.05, 4.69) is 46.2 Å². The van der Waals surface area contributed by atoms with E-state index in [1.165, 1.54) is 12.7 Å². The van der Waals surface area contributed by atoms with E-state index >= 15 is 0 Å². The predicted octanol–water partition coefficient (Wildman–Crippen LogP) is 3.33. The van der Waals surface area contributed by atoms with E-state index in [1.54, 1.807) is 4.90 Å². The lowest BCUT2D eigenvalue weighted by atomic mass is 9.98. The number of aliphatic imine (C=N–C) groups is 1. The predicted molar refractivity (Wildman–Crippen MR) is 110 cm³/mol. The standard InChI is InChI=1S/C22H27N3O3/c1-14(2)20(24-22(27)28-4)21(26)25-11-5-6-19(25)18-12-17(13-23-18)16-9-7-15(3)8-10-16/h5-10,13-14,19-20H,11-12H2,1-4H3,(H,24,27)/t19-,20-/m0/s1. The second-order valence-electron chi connectivity index (χ2n) is 7.54. The molecule has 0 bridgehead atoms. The molecule has 2 heterocycles. The van der Waals surface area contributed by atoms with Crippen molar-refractivity contribution in [3.05, 3.63) is 53.7 Å². The van der Waals surface area contributed by atoms with Gasteiger partial charge in [0.1, 0.15) is 6.04 Å². The van der Waals surface area contributed by atoms with E-state index in [0.717, 1.165) is 16.8 Å². The van der Waals surface area contributed by atoms with E-state index in [1.807, 2.05) is 32.2 Å². The maximum atomic E-state index is 13.1. The molecule has 0 unspecified atom stereocenters. The van der Waals surface area contributed by atoms with Crippen LogP contribution in [-0.4, -0.2) is 48.4 Å². The van der Waals surface area contributed by atoms with Crippen molar-refractivity contribution in [2.45, 2.75) is 39.3 Å². The van der Waals surface area contributed by atoms with Crippen molar-refractivity contribution < 1.29 is 14.3 Å². The van der Waals surface area contributed by atoms with Crippen molar-refractivity contribution in [1.82, 2.24) is 10.2 Å². The van der Waals surface area contributed by atoms with Crippen LogP contribution in [0.15, 0.2) is 47.6 Å². The average molecular weight is 381 g/mol. The van der Waals surface area contributed by atoms with Crippen LogP contribution in [0, 0.1) is 12.8 Å². The number of nitrogens with one attached hydrogen (secondary N) is 1. The summed E-state index contributed by atoms with van der Waals surface area (Å²) in [7, 11) is 1.29. The number of carbonyl (C=O) groups excluding carboxylic acids is 2. The number of aryl methyl sites for hydroxylation is 1. The van der Waals surface area contributed by atoms with Gasteiger partial charge in [0, 0.05) is 24.9 Å². The van der Waals surface area contributed by atoms with Gasteiger partial charge in [-0.15, -0.1) is 0 Å². The molecule has 0 radical (unpaired) electrons. The second kappa shape index (κ2) is 8.42. The number of allylic oxidation sites excluding steroid dienone is 1. The zero-order valence-corrected chi connectivity index (χ0v) is 16.8. The number of hydrogen-bond acceptors (Lipinski definition) is 4. The first-order valence-electron chi connectivity index (χ1n) is 9.55. The van der Waals surface area contributed by atoms with Crippen LogP contribution < -0.4 is 5.32 Å². The van der Waals surface area contributed by atoms with Crippen molar-refractivity contribution in [2.24, 2.45) is 10.9 Å². The molecule has 2 atom stereocenters. The molecule has 0 aromatic heterocycles. The molecule has 1 aromatic rings. The molecule has 2 aliphatic heterocycles. The van der Waals surface area contributed by atoms with Gasteiger partial charge in [0.25, 0.3) is 0 Å². The number of ether oxygens (including phenoxy) is 1. The first-order valence-corrected chi connectivity index (χ1v) is 9.55. The summed E-state index contributed by atoms with van der Waals surface area (Å²) >= 11 is 0. The lowest BCUT2D eigenvalue weighted by Crippen LogP contribution is -2.53. The Labute approximate surface area is 166 Å². The molecule has 0 saturated carbocycles. The highest BCUT2D eigenvalue weighted by Gasteiger charge is 2.36. The third-order valence-corrected chi connectivity index (χ3v) is 5.15. The lowest BCUT2D eigenvalue weighted by Gasteiger charge is -2.31. The van der Waals surface area contributed by atoms with Gasteiger partial charge in [-0.25, -0.2) is 4.79 Å². The monoisotopic (exact) mass is 381 g/mol. The number of nitrogens with zero attached hydrogens (tertiary/aromatic N) is 2. The Morgan fingerprint density at radius 2 is 1.96 bits per heavy atom. The van der Waals surface area contributed by atoms with Gasteiger partial charge in [-0.2, -0.15) is 0 Å². The van der Waals surface area contributed by atoms with E-state index in [-0.39, 0.29) is 17.9 Å². The zero-order chi connectivity index (χ0) is 20.3. The van der Waals surface area contributed by atoms with E-state index in [0.29, 0.717) is 13.0 Å². The molecule has 2 amide bonds. The van der Waals surface area contributed by atoms with Crippen LogP contribution in [-0.2, 0) is 9.53 Å². The van der Waals surface area contributed by atoms with E-state index in [4.69, 9.17) is 0 Å². The number of benzene rings is 1. The Kier molecular flexibility index (Phi) is 5.97. The number of alkyl carbamates (subject to hydrolysis) is 1. The third kappa shape index (κ3) is 4.16. The van der Waals surface area contributed by atoms with Gasteiger partial charge in [0.2, 0.25) is 5.91 Å². The molecule has 0 spiro atoms. The highest BCUT2D eigenvalue weighted by Crippen LogP contribution is 2.28. The fraction of sp³-hybridized carbons (Fsp3) is 0.409. The van der Waals surface area contributed by atoms with Crippen molar-refractivity contribution in [1.29, 1.82) is 0 Å². The molecule has 0 aliphatic carbocycles. The summed E-state index contributed by atoms with van der Waals surface area (Å²) in [4.78, 5) is 31.2. The van der Waals surface area contributed by atoms with Gasteiger partial charge < -0.3 is 15.0 Å². The van der Waals surface area contributed by atoms with Crippen molar-refractivity contribution in [3.63, 3.8) is 0 Å². The summed E-state index contributed by atoms with van der Waals surface area (Å²) in [5.74, 6) is -0.179. The number of hydrogen-bond donors (Lipinski definition) is 1. The Bertz CT molecular complexity index is 837. The quantitative estimate of drug-likeness (QED) is 0.796. The topological polar surface area (TPSA) is 71.0 Å². The Morgan fingerprint density at radius 1 is 1.25 bits per heavy atom. The first-order chi connectivity index (χ1) is 13.4. The zero-order valence-electron chi connectivity index (χ0n) is 16.8. The SMILES string of the molecule is COC(=O)N[C@H](C(=O)N1CC=C[C@H]1C1=NC=C(c2ccc(C)cc2)C1)C(C)C. The number of carbonyl (C=O) groups is 2. The summed E-state index contributed by atoms with van der Waals surface area (Å²) in [6, 6.07) is 7.55. The van der Waals surface area contributed by atoms with Gasteiger partial charge in [-0.3, -0.25) is 9.79 Å². The maximum Gasteiger partial charge on any atom is 0.407 e. The van der Waals surface area contributed by atoms with Crippen LogP contribution in [0.4, 0.5) is 4.79 Å². The van der Waals surface area contributed by atoms with Gasteiger partial charge in [-0.05, 0) is 24.0 Å². The largest absolute Gasteiger partial charge is 0.453 e. The van der Waals surface area contributed by atoms with Crippen LogP contribution in [0.2, 0.25) is 0 Å². The van der Waals surface area contributed by atoms with Crippen LogP contribution in [0.1, 0.15) is 31.4 Å². The molecule has 6 heteroatoms. The summed E-state index contributed by atoms with van der Waals surface area (Å²) in [5.41, 5.74) is 4.46. The molecule has 0 saturated heterocycles. The molecule has 1 aromatic carbocycles. The van der Waals surface area contributed by atoms with Gasteiger partial charge >= 0.3 is 6.09 Å². The van der Waals surface area contributed by atoms with Crippen LogP contribution in [0.25, 0.3) is 5.57 Å². The van der Waals surface area contributed by atoms with Gasteiger partial charge in [0.05, 0.1) is 13.2 Å². The molecule has 28 heavy (non-hydrogen) atoms. The Balaban J connectivity index is 1.71. The highest BCUT2D eigenvalue weighted by atomic mass is 16.5. The molecule has 0 fully saturated rings. The number of methoxy groups -OCH3 is 1. The summed E-state index contributed by atoms with van der Waals surface area (Å²) in [6.07, 6.45) is 5.99. The Hall–Kier alpha value is -2.89. The van der Waals surface area contributed by atoms with Crippen LogP contribution in [0.5, 0.6) is 0 Å². The molecule has 3 rings (SSSR count). The van der Waals surface area contributed by atoms with E-state index in [9.17, 15) is 9.59 Å². The highest BCUT2D eigenvalue weighted by molar-refractivity contribution is 6.05. The summed E-state index contributed by atoms with van der Waals surface area (Å²) in [5, 5.41) is 2.66. The minimum atomic E-state index is -0.638. The van der Waals surface area contributed by atoms with Crippen LogP contribution >= 0.6 is 0 Å². The molecule has 1 N–H and O–H groups in total. The second-order valence-corrected chi connectivity index (χ2v) is 7.54. The minimum absolute atomic E-state index is 0.0559. The van der Waals surface area contributed by atoms with Crippen molar-refractivity contribution in [3.8, 4) is 0 Å². The summed E-state index contributed by atoms with van der Waals surface area (Å²) < 4.78 is 4.67. The number of amides is 2. The van der Waals surface area contributed by atoms with Crippen molar-refractivity contribution in [2.75, 3.05) is 13.7 Å². The number of rotatable bonds is 5. The average Bonchev–Trinajstić information content (AvgIpc) is 3.34. The van der Waals surface area contributed by atoms with Gasteiger partial charge in [0.15, 0.2) is 0 Å². The van der Waals surface area contributed by atoms with Crippen LogP contribution in [0.3, 0.4) is 0 Å². The van der Waals surface area contributed by atoms with Crippen molar-refractivity contribution >= 4 is 23.3 Å².